The van der Waals surface area contributed by atoms with E-state index in [1.54, 1.807) is 24.4 Å². The number of aliphatic hydroxyl groups is 1. The number of anilines is 1. The summed E-state index contributed by atoms with van der Waals surface area (Å²) in [4.78, 5) is 8.44. The van der Waals surface area contributed by atoms with Gasteiger partial charge < -0.3 is 14.9 Å². The molecule has 3 rings (SSSR count). The summed E-state index contributed by atoms with van der Waals surface area (Å²) in [6.45, 7) is 5.48. The van der Waals surface area contributed by atoms with E-state index in [0.717, 1.165) is 5.56 Å². The van der Waals surface area contributed by atoms with Gasteiger partial charge in [0.25, 0.3) is 5.89 Å². The predicted molar refractivity (Wildman–Crippen MR) is 112 cm³/mol. The summed E-state index contributed by atoms with van der Waals surface area (Å²) < 4.78 is 19.9. The molecule has 0 bridgehead atoms. The molecule has 1 unspecified atom stereocenters. The molecule has 0 saturated carbocycles. The summed E-state index contributed by atoms with van der Waals surface area (Å²) in [6.07, 6.45) is 4.28. The Bertz CT molecular complexity index is 1030. The Morgan fingerprint density at radius 2 is 2.10 bits per heavy atom. The first-order valence-electron chi connectivity index (χ1n) is 9.04. The molecule has 148 valence electrons. The van der Waals surface area contributed by atoms with Crippen LogP contribution in [0.1, 0.15) is 13.3 Å². The van der Waals surface area contributed by atoms with Crippen LogP contribution in [-0.4, -0.2) is 27.2 Å². The maximum Gasteiger partial charge on any atom is 0.258 e. The van der Waals surface area contributed by atoms with Crippen LogP contribution in [0, 0.1) is 5.82 Å². The fourth-order valence-corrected chi connectivity index (χ4v) is 2.61. The molecule has 0 amide bonds. The number of benzene rings is 2. The summed E-state index contributed by atoms with van der Waals surface area (Å²) in [7, 11) is 0. The van der Waals surface area contributed by atoms with Gasteiger partial charge in [0.15, 0.2) is 6.23 Å². The summed E-state index contributed by atoms with van der Waals surface area (Å²) in [5.74, 6) is -0.0828. The Balaban J connectivity index is 1.78. The van der Waals surface area contributed by atoms with Gasteiger partial charge in [-0.05, 0) is 37.3 Å². The van der Waals surface area contributed by atoms with Crippen molar-refractivity contribution in [3.8, 4) is 22.8 Å². The number of hydrogen-bond donors (Lipinski definition) is 2. The Kier molecular flexibility index (Phi) is 6.65. The summed E-state index contributed by atoms with van der Waals surface area (Å²) in [6, 6.07) is 13.7. The maximum absolute atomic E-state index is 14.6. The number of aliphatic imine (C=N–C) groups is 1. The van der Waals surface area contributed by atoms with Crippen molar-refractivity contribution < 1.29 is 14.0 Å². The molecule has 29 heavy (non-hydrogen) atoms. The zero-order chi connectivity index (χ0) is 20.6. The second-order valence-corrected chi connectivity index (χ2v) is 6.13. The van der Waals surface area contributed by atoms with Crippen molar-refractivity contribution >= 4 is 11.4 Å². The van der Waals surface area contributed by atoms with Crippen molar-refractivity contribution in [2.75, 3.05) is 5.32 Å². The van der Waals surface area contributed by atoms with Crippen LogP contribution < -0.4 is 5.32 Å². The molecular weight excluding hydrogens is 371 g/mol. The van der Waals surface area contributed by atoms with Crippen LogP contribution in [0.3, 0.4) is 0 Å². The van der Waals surface area contributed by atoms with Crippen LogP contribution in [0.15, 0.2) is 83.0 Å². The molecule has 0 aliphatic heterocycles. The molecule has 0 aliphatic carbocycles. The lowest BCUT2D eigenvalue weighted by molar-refractivity contribution is 0.268. The number of halogens is 1. The van der Waals surface area contributed by atoms with Gasteiger partial charge in [-0.25, -0.2) is 4.39 Å². The number of aliphatic hydroxyl groups excluding tert-OH is 1. The summed E-state index contributed by atoms with van der Waals surface area (Å²) in [5, 5.41) is 17.0. The molecule has 0 spiro atoms. The molecule has 1 aromatic heterocycles. The van der Waals surface area contributed by atoms with Gasteiger partial charge in [-0.15, -0.1) is 6.58 Å². The molecule has 7 heteroatoms. The van der Waals surface area contributed by atoms with Crippen molar-refractivity contribution in [3.63, 3.8) is 0 Å². The first kappa shape index (κ1) is 20.2. The van der Waals surface area contributed by atoms with E-state index >= 15 is 0 Å². The zero-order valence-corrected chi connectivity index (χ0v) is 15.9. The average Bonchev–Trinajstić information content (AvgIpc) is 3.21. The standard InChI is InChI=1S/C22H21FN4O2/c1-3-8-19(24-13-4-2)21(28)25-16-11-12-17(18(23)14-16)20-26-22(29-27-20)15-9-6-5-7-10-15/h3-7,9-14,21,25,28H,1,8H2,2H3/b13-4-,24-19?. The van der Waals surface area contributed by atoms with E-state index in [1.165, 1.54) is 12.1 Å². The van der Waals surface area contributed by atoms with Gasteiger partial charge in [-0.3, -0.25) is 4.99 Å². The molecule has 0 aliphatic rings. The molecule has 1 atom stereocenters. The van der Waals surface area contributed by atoms with E-state index in [9.17, 15) is 9.50 Å². The predicted octanol–water partition coefficient (Wildman–Crippen LogP) is 4.82. The largest absolute Gasteiger partial charge is 0.368 e. The molecule has 1 heterocycles. The first-order chi connectivity index (χ1) is 14.1. The highest BCUT2D eigenvalue weighted by atomic mass is 19.1. The van der Waals surface area contributed by atoms with E-state index in [4.69, 9.17) is 4.52 Å². The van der Waals surface area contributed by atoms with Gasteiger partial charge in [0.05, 0.1) is 11.3 Å². The maximum atomic E-state index is 14.6. The van der Waals surface area contributed by atoms with E-state index in [1.807, 2.05) is 37.3 Å². The van der Waals surface area contributed by atoms with Gasteiger partial charge in [0, 0.05) is 23.9 Å². The lowest BCUT2D eigenvalue weighted by Gasteiger charge is -2.16. The van der Waals surface area contributed by atoms with Crippen molar-refractivity contribution in [1.82, 2.24) is 10.1 Å². The van der Waals surface area contributed by atoms with Crippen molar-refractivity contribution in [2.24, 2.45) is 4.99 Å². The molecule has 3 aromatic rings. The smallest absolute Gasteiger partial charge is 0.258 e. The fraction of sp³-hybridized carbons (Fsp3) is 0.136. The topological polar surface area (TPSA) is 83.5 Å². The third-order valence-electron chi connectivity index (χ3n) is 4.02. The lowest BCUT2D eigenvalue weighted by Crippen LogP contribution is -2.28. The number of rotatable bonds is 8. The van der Waals surface area contributed by atoms with Gasteiger partial charge >= 0.3 is 0 Å². The Hall–Kier alpha value is -3.58. The monoisotopic (exact) mass is 392 g/mol. The van der Waals surface area contributed by atoms with Crippen LogP contribution in [0.4, 0.5) is 10.1 Å². The number of hydrogen-bond acceptors (Lipinski definition) is 6. The van der Waals surface area contributed by atoms with Gasteiger partial charge in [-0.1, -0.05) is 35.5 Å². The molecular formula is C22H21FN4O2. The minimum absolute atomic E-state index is 0.149. The highest BCUT2D eigenvalue weighted by Gasteiger charge is 2.16. The highest BCUT2D eigenvalue weighted by molar-refractivity contribution is 5.91. The van der Waals surface area contributed by atoms with Crippen LogP contribution in [-0.2, 0) is 0 Å². The number of nitrogens with one attached hydrogen (secondary N) is 1. The Labute approximate surface area is 168 Å². The Morgan fingerprint density at radius 1 is 1.31 bits per heavy atom. The molecule has 0 radical (unpaired) electrons. The fourth-order valence-electron chi connectivity index (χ4n) is 2.61. The minimum atomic E-state index is -1.08. The third kappa shape index (κ3) is 5.03. The van der Waals surface area contributed by atoms with Crippen LogP contribution in [0.25, 0.3) is 22.8 Å². The first-order valence-corrected chi connectivity index (χ1v) is 9.04. The highest BCUT2D eigenvalue weighted by Crippen LogP contribution is 2.26. The summed E-state index contributed by atoms with van der Waals surface area (Å²) >= 11 is 0. The van der Waals surface area contributed by atoms with E-state index in [0.29, 0.717) is 23.7 Å². The quantitative estimate of drug-likeness (QED) is 0.326. The average molecular weight is 392 g/mol. The minimum Gasteiger partial charge on any atom is -0.368 e. The number of nitrogens with zero attached hydrogens (tertiary/aromatic N) is 3. The number of allylic oxidation sites excluding steroid dienone is 2. The van der Waals surface area contributed by atoms with E-state index < -0.39 is 12.0 Å². The molecule has 0 fully saturated rings. The third-order valence-corrected chi connectivity index (χ3v) is 4.02. The second kappa shape index (κ2) is 9.57. The lowest BCUT2D eigenvalue weighted by atomic mass is 10.1. The van der Waals surface area contributed by atoms with Crippen molar-refractivity contribution in [3.05, 3.63) is 79.3 Å². The summed E-state index contributed by atoms with van der Waals surface area (Å²) in [5.41, 5.74) is 1.81. The van der Waals surface area contributed by atoms with Gasteiger partial charge in [0.1, 0.15) is 5.82 Å². The van der Waals surface area contributed by atoms with Crippen molar-refractivity contribution in [1.29, 1.82) is 0 Å². The SMILES string of the molecule is C=CCC(=N/C=C\C)C(O)Nc1ccc(-c2noc(-c3ccccc3)n2)c(F)c1. The second-order valence-electron chi connectivity index (χ2n) is 6.13. The molecule has 6 nitrogen and oxygen atoms in total. The normalized spacial score (nSPS) is 12.9. The Morgan fingerprint density at radius 3 is 2.79 bits per heavy atom. The zero-order valence-electron chi connectivity index (χ0n) is 15.9. The molecule has 2 aromatic carbocycles. The van der Waals surface area contributed by atoms with Gasteiger partial charge in [0.2, 0.25) is 5.82 Å². The molecule has 2 N–H and O–H groups in total. The van der Waals surface area contributed by atoms with Crippen molar-refractivity contribution in [2.45, 2.75) is 19.6 Å². The van der Waals surface area contributed by atoms with E-state index in [-0.39, 0.29) is 11.4 Å². The van der Waals surface area contributed by atoms with E-state index in [2.05, 4.69) is 27.0 Å². The van der Waals surface area contributed by atoms with Gasteiger partial charge in [-0.2, -0.15) is 4.98 Å². The number of aromatic nitrogens is 2. The van der Waals surface area contributed by atoms with Crippen LogP contribution in [0.2, 0.25) is 0 Å². The molecule has 0 saturated heterocycles. The van der Waals surface area contributed by atoms with Crippen LogP contribution >= 0.6 is 0 Å². The van der Waals surface area contributed by atoms with Crippen LogP contribution in [0.5, 0.6) is 0 Å².